The summed E-state index contributed by atoms with van der Waals surface area (Å²) in [5.74, 6) is 2.66. The molecule has 0 aliphatic carbocycles. The number of nitrogens with zero attached hydrogens (tertiary/aromatic N) is 1. The lowest BCUT2D eigenvalue weighted by molar-refractivity contribution is 0.0925. The third kappa shape index (κ3) is 5.93. The molecule has 31 heavy (non-hydrogen) atoms. The first-order chi connectivity index (χ1) is 15.0. The quantitative estimate of drug-likeness (QED) is 0.323. The molecule has 8 nitrogen and oxygen atoms in total. The maximum atomic E-state index is 12.0. The summed E-state index contributed by atoms with van der Waals surface area (Å²) in [7, 11) is 1.73. The second-order valence-corrected chi connectivity index (χ2v) is 7.53. The van der Waals surface area contributed by atoms with Crippen molar-refractivity contribution in [1.29, 1.82) is 0 Å². The van der Waals surface area contributed by atoms with Crippen molar-refractivity contribution in [3.8, 4) is 11.5 Å². The average Bonchev–Trinajstić information content (AvgIpc) is 3.34. The predicted molar refractivity (Wildman–Crippen MR) is 120 cm³/mol. The van der Waals surface area contributed by atoms with Crippen LogP contribution >= 0.6 is 0 Å². The molecule has 1 aliphatic heterocycles. The van der Waals surface area contributed by atoms with Gasteiger partial charge in [-0.2, -0.15) is 0 Å². The monoisotopic (exact) mass is 428 g/mol. The Labute approximate surface area is 183 Å². The number of hydrogen-bond acceptors (Lipinski definition) is 5. The van der Waals surface area contributed by atoms with E-state index in [1.165, 1.54) is 11.8 Å². The number of rotatable bonds is 9. The standard InChI is InChI=1S/C23H32N4O4/c1-5-29-19-12-17-11-16(3)31-20(17)13-18(19)14-27-23(24-4)26-9-6-8-25-22(28)21-15(2)7-10-30-21/h7,10,12-13,16H,5-6,8-9,11,14H2,1-4H3,(H,25,28)(H2,24,26,27). The minimum atomic E-state index is -0.193. The van der Waals surface area contributed by atoms with E-state index in [0.717, 1.165) is 35.5 Å². The largest absolute Gasteiger partial charge is 0.494 e. The van der Waals surface area contributed by atoms with Crippen LogP contribution in [0.5, 0.6) is 11.5 Å². The van der Waals surface area contributed by atoms with Crippen LogP contribution < -0.4 is 25.4 Å². The van der Waals surface area contributed by atoms with E-state index in [0.29, 0.717) is 38.0 Å². The summed E-state index contributed by atoms with van der Waals surface area (Å²) < 4.78 is 16.9. The Bertz CT molecular complexity index is 922. The van der Waals surface area contributed by atoms with Crippen molar-refractivity contribution in [2.24, 2.45) is 4.99 Å². The normalized spacial score (nSPS) is 15.2. The molecule has 0 radical (unpaired) electrons. The first-order valence-electron chi connectivity index (χ1n) is 10.7. The maximum absolute atomic E-state index is 12.0. The van der Waals surface area contributed by atoms with Crippen LogP contribution in [0.4, 0.5) is 0 Å². The van der Waals surface area contributed by atoms with Crippen LogP contribution in [-0.4, -0.2) is 44.7 Å². The van der Waals surface area contributed by atoms with E-state index in [1.54, 1.807) is 13.1 Å². The topological polar surface area (TPSA) is 97.1 Å². The van der Waals surface area contributed by atoms with E-state index in [9.17, 15) is 4.79 Å². The summed E-state index contributed by atoms with van der Waals surface area (Å²) in [6.07, 6.45) is 3.37. The fraction of sp³-hybridized carbons (Fsp3) is 0.478. The fourth-order valence-corrected chi connectivity index (χ4v) is 3.49. The molecule has 2 heterocycles. The van der Waals surface area contributed by atoms with E-state index in [2.05, 4.69) is 40.0 Å². The molecular formula is C23H32N4O4. The Hall–Kier alpha value is -3.16. The lowest BCUT2D eigenvalue weighted by Gasteiger charge is -2.16. The number of ether oxygens (including phenoxy) is 2. The molecule has 1 aromatic heterocycles. The molecule has 1 amide bonds. The highest BCUT2D eigenvalue weighted by Gasteiger charge is 2.22. The summed E-state index contributed by atoms with van der Waals surface area (Å²) >= 11 is 0. The summed E-state index contributed by atoms with van der Waals surface area (Å²) in [5.41, 5.74) is 3.05. The van der Waals surface area contributed by atoms with Gasteiger partial charge in [0, 0.05) is 49.8 Å². The molecule has 3 rings (SSSR count). The average molecular weight is 429 g/mol. The number of amides is 1. The smallest absolute Gasteiger partial charge is 0.287 e. The number of aryl methyl sites for hydroxylation is 1. The molecule has 0 bridgehead atoms. The van der Waals surface area contributed by atoms with Gasteiger partial charge in [-0.25, -0.2) is 0 Å². The van der Waals surface area contributed by atoms with Gasteiger partial charge in [0.15, 0.2) is 11.7 Å². The molecule has 1 aromatic carbocycles. The highest BCUT2D eigenvalue weighted by Crippen LogP contribution is 2.35. The maximum Gasteiger partial charge on any atom is 0.287 e. The Balaban J connectivity index is 1.45. The lowest BCUT2D eigenvalue weighted by Crippen LogP contribution is -2.38. The third-order valence-corrected chi connectivity index (χ3v) is 5.05. The molecule has 0 saturated carbocycles. The van der Waals surface area contributed by atoms with Crippen LogP contribution in [0, 0.1) is 6.92 Å². The predicted octanol–water partition coefficient (Wildman–Crippen LogP) is 2.80. The molecule has 1 unspecified atom stereocenters. The van der Waals surface area contributed by atoms with Crippen LogP contribution in [0.15, 0.2) is 33.9 Å². The van der Waals surface area contributed by atoms with E-state index >= 15 is 0 Å². The van der Waals surface area contributed by atoms with Gasteiger partial charge in [0.1, 0.15) is 17.6 Å². The molecule has 8 heteroatoms. The number of hydrogen-bond donors (Lipinski definition) is 3. The van der Waals surface area contributed by atoms with Crippen LogP contribution in [0.1, 0.15) is 47.5 Å². The molecule has 1 aliphatic rings. The van der Waals surface area contributed by atoms with Gasteiger partial charge in [-0.1, -0.05) is 0 Å². The summed E-state index contributed by atoms with van der Waals surface area (Å²) in [6.45, 7) is 8.28. The van der Waals surface area contributed by atoms with E-state index in [4.69, 9.17) is 13.9 Å². The lowest BCUT2D eigenvalue weighted by atomic mass is 10.1. The summed E-state index contributed by atoms with van der Waals surface area (Å²) in [6, 6.07) is 5.91. The molecule has 0 spiro atoms. The van der Waals surface area contributed by atoms with Crippen molar-refractivity contribution in [3.05, 3.63) is 46.9 Å². The molecule has 3 N–H and O–H groups in total. The van der Waals surface area contributed by atoms with Crippen LogP contribution in [0.3, 0.4) is 0 Å². The number of guanidine groups is 1. The summed E-state index contributed by atoms with van der Waals surface area (Å²) in [4.78, 5) is 16.3. The Morgan fingerprint density at radius 2 is 2.06 bits per heavy atom. The highest BCUT2D eigenvalue weighted by atomic mass is 16.5. The van der Waals surface area contributed by atoms with Crippen molar-refractivity contribution >= 4 is 11.9 Å². The van der Waals surface area contributed by atoms with Gasteiger partial charge in [0.25, 0.3) is 5.91 Å². The minimum Gasteiger partial charge on any atom is -0.494 e. The van der Waals surface area contributed by atoms with Crippen molar-refractivity contribution in [2.75, 3.05) is 26.7 Å². The molecule has 0 fully saturated rings. The van der Waals surface area contributed by atoms with Gasteiger partial charge >= 0.3 is 0 Å². The zero-order chi connectivity index (χ0) is 22.2. The molecule has 0 saturated heterocycles. The zero-order valence-electron chi connectivity index (χ0n) is 18.7. The van der Waals surface area contributed by atoms with E-state index < -0.39 is 0 Å². The van der Waals surface area contributed by atoms with Crippen LogP contribution in [0.25, 0.3) is 0 Å². The molecule has 1 atom stereocenters. The Morgan fingerprint density at radius 1 is 1.26 bits per heavy atom. The second-order valence-electron chi connectivity index (χ2n) is 7.53. The van der Waals surface area contributed by atoms with Crippen molar-refractivity contribution in [3.63, 3.8) is 0 Å². The summed E-state index contributed by atoms with van der Waals surface area (Å²) in [5, 5.41) is 9.44. The molecule has 168 valence electrons. The number of carbonyl (C=O) groups excluding carboxylic acids is 1. The molecular weight excluding hydrogens is 396 g/mol. The number of aliphatic imine (C=N–C) groups is 1. The van der Waals surface area contributed by atoms with Gasteiger partial charge in [-0.3, -0.25) is 9.79 Å². The zero-order valence-corrected chi connectivity index (χ0v) is 18.7. The van der Waals surface area contributed by atoms with Gasteiger partial charge in [-0.05, 0) is 45.4 Å². The first-order valence-corrected chi connectivity index (χ1v) is 10.7. The van der Waals surface area contributed by atoms with Crippen molar-refractivity contribution < 1.29 is 18.7 Å². The van der Waals surface area contributed by atoms with Crippen molar-refractivity contribution in [1.82, 2.24) is 16.0 Å². The van der Waals surface area contributed by atoms with E-state index in [1.807, 2.05) is 13.8 Å². The number of fused-ring (bicyclic) bond motifs is 1. The van der Waals surface area contributed by atoms with Gasteiger partial charge in [0.2, 0.25) is 0 Å². The van der Waals surface area contributed by atoms with Crippen molar-refractivity contribution in [2.45, 2.75) is 46.3 Å². The molecule has 2 aromatic rings. The van der Waals surface area contributed by atoms with E-state index in [-0.39, 0.29) is 12.0 Å². The highest BCUT2D eigenvalue weighted by molar-refractivity contribution is 5.92. The third-order valence-electron chi connectivity index (χ3n) is 5.05. The van der Waals surface area contributed by atoms with Crippen LogP contribution in [0.2, 0.25) is 0 Å². The van der Waals surface area contributed by atoms with Gasteiger partial charge in [0.05, 0.1) is 12.9 Å². The Morgan fingerprint density at radius 3 is 2.77 bits per heavy atom. The van der Waals surface area contributed by atoms with Gasteiger partial charge < -0.3 is 29.8 Å². The number of carbonyl (C=O) groups is 1. The first kappa shape index (κ1) is 22.5. The number of nitrogens with one attached hydrogen (secondary N) is 3. The SMILES string of the molecule is CCOc1cc2c(cc1CNC(=NC)NCCCNC(=O)c1occc1C)OC(C)C2. The van der Waals surface area contributed by atoms with Gasteiger partial charge in [-0.15, -0.1) is 0 Å². The second kappa shape index (κ2) is 10.7. The number of furan rings is 1. The Kier molecular flexibility index (Phi) is 7.81. The van der Waals surface area contributed by atoms with Crippen LogP contribution in [-0.2, 0) is 13.0 Å². The minimum absolute atomic E-state index is 0.193. The fourth-order valence-electron chi connectivity index (χ4n) is 3.49. The number of benzene rings is 1.